The summed E-state index contributed by atoms with van der Waals surface area (Å²) in [5, 5.41) is 12.8. The Morgan fingerprint density at radius 2 is 1.53 bits per heavy atom. The smallest absolute Gasteiger partial charge is 0.409 e. The highest BCUT2D eigenvalue weighted by Crippen LogP contribution is 2.44. The molecule has 1 saturated carbocycles. The van der Waals surface area contributed by atoms with Crippen LogP contribution in [0.15, 0.2) is 48.5 Å². The van der Waals surface area contributed by atoms with E-state index in [2.05, 4.69) is 5.32 Å². The molecule has 10 heteroatoms. The van der Waals surface area contributed by atoms with Gasteiger partial charge in [0.05, 0.1) is 6.42 Å². The van der Waals surface area contributed by atoms with Gasteiger partial charge in [-0.25, -0.2) is 4.79 Å². The van der Waals surface area contributed by atoms with Gasteiger partial charge in [-0.15, -0.1) is 0 Å². The molecule has 0 radical (unpaired) electrons. The number of nitrogens with one attached hydrogen (secondary N) is 2. The number of rotatable bonds is 8. The monoisotopic (exact) mass is 476 g/mol. The van der Waals surface area contributed by atoms with Crippen molar-refractivity contribution in [2.75, 3.05) is 6.61 Å². The first kappa shape index (κ1) is 23.6. The fourth-order valence-electron chi connectivity index (χ4n) is 4.28. The lowest BCUT2D eigenvalue weighted by molar-refractivity contribution is -0.170. The molecule has 2 amide bonds. The van der Waals surface area contributed by atoms with Crippen molar-refractivity contribution in [3.05, 3.63) is 59.7 Å². The molecule has 2 aliphatic carbocycles. The number of carbonyl (C=O) groups is 3. The van der Waals surface area contributed by atoms with Crippen molar-refractivity contribution < 1.29 is 37.4 Å². The molecule has 2 aromatic rings. The van der Waals surface area contributed by atoms with E-state index in [9.17, 15) is 27.6 Å². The number of halogens is 3. The molecule has 7 nitrogen and oxygen atoms in total. The van der Waals surface area contributed by atoms with E-state index >= 15 is 0 Å². The van der Waals surface area contributed by atoms with Crippen molar-refractivity contribution >= 4 is 18.0 Å². The third kappa shape index (κ3) is 5.16. The molecule has 2 atom stereocenters. The lowest BCUT2D eigenvalue weighted by atomic mass is 9.98. The number of carboxylic acids is 1. The van der Waals surface area contributed by atoms with Crippen molar-refractivity contribution in [2.45, 2.75) is 43.4 Å². The zero-order chi connectivity index (χ0) is 24.5. The van der Waals surface area contributed by atoms with Gasteiger partial charge in [0.25, 0.3) is 0 Å². The van der Waals surface area contributed by atoms with E-state index in [1.54, 1.807) is 5.32 Å². The SMILES string of the molecule is O=C(O)CC(NC(=O)C(NC(=O)OCC1c2ccccc2-c2ccccc21)C1CC1)C(F)(F)F. The number of hydrogen-bond acceptors (Lipinski definition) is 4. The van der Waals surface area contributed by atoms with Gasteiger partial charge in [-0.05, 0) is 41.0 Å². The highest BCUT2D eigenvalue weighted by atomic mass is 19.4. The normalized spacial score (nSPS) is 16.7. The zero-order valence-corrected chi connectivity index (χ0v) is 18.0. The van der Waals surface area contributed by atoms with Gasteiger partial charge in [-0.1, -0.05) is 48.5 Å². The van der Waals surface area contributed by atoms with Gasteiger partial charge in [0.2, 0.25) is 5.91 Å². The molecule has 0 bridgehead atoms. The molecule has 0 heterocycles. The summed E-state index contributed by atoms with van der Waals surface area (Å²) in [5.74, 6) is -3.33. The Morgan fingerprint density at radius 1 is 0.971 bits per heavy atom. The van der Waals surface area contributed by atoms with Gasteiger partial charge < -0.3 is 20.5 Å². The van der Waals surface area contributed by atoms with Gasteiger partial charge >= 0.3 is 18.2 Å². The van der Waals surface area contributed by atoms with Crippen LogP contribution in [0.3, 0.4) is 0 Å². The number of ether oxygens (including phenoxy) is 1. The van der Waals surface area contributed by atoms with Gasteiger partial charge in [-0.3, -0.25) is 9.59 Å². The maximum Gasteiger partial charge on any atom is 0.409 e. The van der Waals surface area contributed by atoms with Crippen LogP contribution in [0.25, 0.3) is 11.1 Å². The van der Waals surface area contributed by atoms with Crippen molar-refractivity contribution in [3.63, 3.8) is 0 Å². The summed E-state index contributed by atoms with van der Waals surface area (Å²) in [4.78, 5) is 35.8. The molecule has 3 N–H and O–H groups in total. The first-order chi connectivity index (χ1) is 16.1. The minimum Gasteiger partial charge on any atom is -0.481 e. The topological polar surface area (TPSA) is 105 Å². The average molecular weight is 476 g/mol. The van der Waals surface area contributed by atoms with Crippen LogP contribution in [0, 0.1) is 5.92 Å². The molecule has 0 aliphatic heterocycles. The summed E-state index contributed by atoms with van der Waals surface area (Å²) in [6, 6.07) is 11.7. The fourth-order valence-corrected chi connectivity index (χ4v) is 4.28. The molecule has 2 aliphatic rings. The van der Waals surface area contributed by atoms with Crippen LogP contribution in [0.5, 0.6) is 0 Å². The molecular weight excluding hydrogens is 453 g/mol. The van der Waals surface area contributed by atoms with E-state index in [4.69, 9.17) is 9.84 Å². The molecule has 4 rings (SSSR count). The van der Waals surface area contributed by atoms with Gasteiger partial charge in [0.1, 0.15) is 18.7 Å². The number of benzene rings is 2. The lowest BCUT2D eigenvalue weighted by Gasteiger charge is -2.24. The van der Waals surface area contributed by atoms with E-state index in [-0.39, 0.29) is 18.4 Å². The third-order valence-corrected chi connectivity index (χ3v) is 6.08. The van der Waals surface area contributed by atoms with Crippen molar-refractivity contribution in [3.8, 4) is 11.1 Å². The Morgan fingerprint density at radius 3 is 2.03 bits per heavy atom. The maximum atomic E-state index is 13.1. The summed E-state index contributed by atoms with van der Waals surface area (Å²) in [6.45, 7) is -0.0109. The zero-order valence-electron chi connectivity index (χ0n) is 18.0. The lowest BCUT2D eigenvalue weighted by Crippen LogP contribution is -2.55. The van der Waals surface area contributed by atoms with Crippen molar-refractivity contribution in [1.29, 1.82) is 0 Å². The number of aliphatic carboxylic acids is 1. The van der Waals surface area contributed by atoms with Crippen molar-refractivity contribution in [2.24, 2.45) is 5.92 Å². The largest absolute Gasteiger partial charge is 0.481 e. The Labute approximate surface area is 193 Å². The van der Waals surface area contributed by atoms with Gasteiger partial charge in [0, 0.05) is 5.92 Å². The van der Waals surface area contributed by atoms with Crippen LogP contribution < -0.4 is 10.6 Å². The molecular formula is C24H23F3N2O5. The first-order valence-corrected chi connectivity index (χ1v) is 10.9. The molecule has 0 spiro atoms. The Bertz CT molecular complexity index is 1050. The first-order valence-electron chi connectivity index (χ1n) is 10.9. The summed E-state index contributed by atoms with van der Waals surface area (Å²) in [7, 11) is 0. The van der Waals surface area contributed by atoms with Crippen LogP contribution in [0.1, 0.15) is 36.3 Å². The van der Waals surface area contributed by atoms with E-state index in [1.165, 1.54) is 0 Å². The predicted octanol–water partition coefficient (Wildman–Crippen LogP) is 3.83. The molecule has 1 fully saturated rings. The summed E-state index contributed by atoms with van der Waals surface area (Å²) in [5.41, 5.74) is 4.07. The van der Waals surface area contributed by atoms with Crippen LogP contribution in [-0.4, -0.2) is 47.9 Å². The molecule has 34 heavy (non-hydrogen) atoms. The second-order valence-electron chi connectivity index (χ2n) is 8.49. The summed E-state index contributed by atoms with van der Waals surface area (Å²) in [6.07, 6.45) is -6.06. The van der Waals surface area contributed by atoms with Crippen molar-refractivity contribution in [1.82, 2.24) is 10.6 Å². The second kappa shape index (κ2) is 9.36. The van der Waals surface area contributed by atoms with Crippen LogP contribution >= 0.6 is 0 Å². The fraction of sp³-hybridized carbons (Fsp3) is 0.375. The number of alkyl carbamates (subject to hydrolysis) is 1. The number of alkyl halides is 3. The highest BCUT2D eigenvalue weighted by Gasteiger charge is 2.45. The molecule has 0 aromatic heterocycles. The number of amides is 2. The third-order valence-electron chi connectivity index (χ3n) is 6.08. The van der Waals surface area contributed by atoms with Gasteiger partial charge in [0.15, 0.2) is 0 Å². The second-order valence-corrected chi connectivity index (χ2v) is 8.49. The Balaban J connectivity index is 1.41. The summed E-state index contributed by atoms with van der Waals surface area (Å²) >= 11 is 0. The minimum absolute atomic E-state index is 0.0109. The number of hydrogen-bond donors (Lipinski definition) is 3. The van der Waals surface area contributed by atoms with Gasteiger partial charge in [-0.2, -0.15) is 13.2 Å². The van der Waals surface area contributed by atoms with E-state index in [0.29, 0.717) is 12.8 Å². The van der Waals surface area contributed by atoms with E-state index in [0.717, 1.165) is 22.3 Å². The van der Waals surface area contributed by atoms with Crippen LogP contribution in [-0.2, 0) is 14.3 Å². The van der Waals surface area contributed by atoms with E-state index in [1.807, 2.05) is 48.5 Å². The Hall–Kier alpha value is -3.56. The molecule has 180 valence electrons. The molecule has 2 aromatic carbocycles. The van der Waals surface area contributed by atoms with E-state index < -0.39 is 42.7 Å². The predicted molar refractivity (Wildman–Crippen MR) is 115 cm³/mol. The average Bonchev–Trinajstić information content (AvgIpc) is 3.57. The number of carbonyl (C=O) groups excluding carboxylic acids is 2. The molecule has 0 saturated heterocycles. The standard InChI is InChI=1S/C24H23F3N2O5/c25-24(26,27)19(11-20(30)31)28-22(32)21(13-9-10-13)29-23(33)34-12-18-16-7-3-1-5-14(16)15-6-2-4-8-17(15)18/h1-8,13,18-19,21H,9-12H2,(H,28,32)(H,29,33)(H,30,31). The summed E-state index contributed by atoms with van der Waals surface area (Å²) < 4.78 is 44.8. The maximum absolute atomic E-state index is 13.1. The quantitative estimate of drug-likeness (QED) is 0.537. The van der Waals surface area contributed by atoms with Crippen LogP contribution in [0.2, 0.25) is 0 Å². The molecule has 2 unspecified atom stereocenters. The minimum atomic E-state index is -4.94. The highest BCUT2D eigenvalue weighted by molar-refractivity contribution is 5.87. The number of carboxylic acid groups (broad SMARTS) is 1. The number of fused-ring (bicyclic) bond motifs is 3. The Kier molecular flexibility index (Phi) is 6.49. The van der Waals surface area contributed by atoms with Crippen LogP contribution in [0.4, 0.5) is 18.0 Å².